The smallest absolute Gasteiger partial charge is 0.322 e. The Hall–Kier alpha value is -2.67. The summed E-state index contributed by atoms with van der Waals surface area (Å²) in [5.41, 5.74) is 4.01. The van der Waals surface area contributed by atoms with Crippen LogP contribution in [-0.4, -0.2) is 52.7 Å². The van der Waals surface area contributed by atoms with Gasteiger partial charge < -0.3 is 19.9 Å². The van der Waals surface area contributed by atoms with Crippen LogP contribution in [0.2, 0.25) is 0 Å². The second-order valence-corrected chi connectivity index (χ2v) is 8.10. The first-order valence-corrected chi connectivity index (χ1v) is 10.3. The highest BCUT2D eigenvalue weighted by molar-refractivity contribution is 5.90. The van der Waals surface area contributed by atoms with Gasteiger partial charge in [0, 0.05) is 37.3 Å². The lowest BCUT2D eigenvalue weighted by Crippen LogP contribution is -2.47. The maximum Gasteiger partial charge on any atom is 0.322 e. The number of fused-ring (bicyclic) bond motifs is 1. The number of benzene rings is 1. The Morgan fingerprint density at radius 1 is 1.14 bits per heavy atom. The number of hydrogen-bond donors (Lipinski definition) is 1. The molecule has 0 unspecified atom stereocenters. The molecule has 7 nitrogen and oxygen atoms in total. The van der Waals surface area contributed by atoms with E-state index < -0.39 is 0 Å². The number of carbonyl (C=O) groups excluding carboxylic acids is 1. The first-order chi connectivity index (χ1) is 13.9. The van der Waals surface area contributed by atoms with E-state index in [1.807, 2.05) is 43.0 Å². The van der Waals surface area contributed by atoms with E-state index in [4.69, 9.17) is 9.72 Å². The predicted molar refractivity (Wildman–Crippen MR) is 113 cm³/mol. The molecule has 1 N–H and O–H groups in total. The van der Waals surface area contributed by atoms with E-state index in [1.54, 1.807) is 0 Å². The molecule has 2 aliphatic heterocycles. The Morgan fingerprint density at radius 2 is 1.86 bits per heavy atom. The number of morpholine rings is 1. The molecule has 1 aromatic heterocycles. The number of para-hydroxylation sites is 1. The monoisotopic (exact) mass is 395 g/mol. The SMILES string of the molecule is Cc1nc2c(c(N3C[C@@H](C)O[C@@H](C)C3)n1)CN(C(=O)Nc1ccccc1C)CC2. The number of anilines is 2. The Bertz CT molecular complexity index is 906. The minimum absolute atomic E-state index is 0.0832. The van der Waals surface area contributed by atoms with Crippen LogP contribution < -0.4 is 10.2 Å². The third-order valence-electron chi connectivity index (χ3n) is 5.54. The number of carbonyl (C=O) groups is 1. The maximum atomic E-state index is 12.9. The number of rotatable bonds is 2. The summed E-state index contributed by atoms with van der Waals surface area (Å²) in [6.45, 7) is 10.9. The normalized spacial score (nSPS) is 21.7. The van der Waals surface area contributed by atoms with Crippen LogP contribution in [0.25, 0.3) is 0 Å². The van der Waals surface area contributed by atoms with Crippen molar-refractivity contribution in [2.75, 3.05) is 29.9 Å². The Balaban J connectivity index is 1.58. The van der Waals surface area contributed by atoms with E-state index in [-0.39, 0.29) is 18.2 Å². The van der Waals surface area contributed by atoms with Gasteiger partial charge in [0.2, 0.25) is 0 Å². The van der Waals surface area contributed by atoms with Gasteiger partial charge in [-0.2, -0.15) is 0 Å². The molecule has 2 amide bonds. The zero-order valence-corrected chi connectivity index (χ0v) is 17.6. The molecule has 0 spiro atoms. The molecule has 0 aliphatic carbocycles. The Kier molecular flexibility index (Phi) is 5.41. The molecule has 0 bridgehead atoms. The minimum atomic E-state index is -0.0832. The molecule has 2 atom stereocenters. The van der Waals surface area contributed by atoms with E-state index in [0.29, 0.717) is 13.1 Å². The van der Waals surface area contributed by atoms with Gasteiger partial charge in [-0.25, -0.2) is 14.8 Å². The molecule has 1 aromatic carbocycles. The predicted octanol–water partition coefficient (Wildman–Crippen LogP) is 3.30. The highest BCUT2D eigenvalue weighted by atomic mass is 16.5. The van der Waals surface area contributed by atoms with Gasteiger partial charge in [-0.05, 0) is 39.3 Å². The number of aryl methyl sites for hydroxylation is 2. The Labute approximate surface area is 172 Å². The van der Waals surface area contributed by atoms with Crippen LogP contribution in [0.15, 0.2) is 24.3 Å². The van der Waals surface area contributed by atoms with Crippen LogP contribution in [-0.2, 0) is 17.7 Å². The van der Waals surface area contributed by atoms with Gasteiger partial charge >= 0.3 is 6.03 Å². The van der Waals surface area contributed by atoms with E-state index in [1.165, 1.54) is 0 Å². The number of urea groups is 1. The van der Waals surface area contributed by atoms with E-state index in [9.17, 15) is 4.79 Å². The molecule has 29 heavy (non-hydrogen) atoms. The standard InChI is InChI=1S/C22H29N5O2/c1-14-7-5-6-8-19(14)25-22(28)26-10-9-20-18(13-26)21(24-17(4)23-20)27-11-15(2)29-16(3)12-27/h5-8,15-16H,9-13H2,1-4H3,(H,25,28)/t15-,16+. The molecule has 1 saturated heterocycles. The molecular formula is C22H29N5O2. The van der Waals surface area contributed by atoms with Crippen molar-refractivity contribution in [3.05, 3.63) is 46.9 Å². The van der Waals surface area contributed by atoms with Crippen LogP contribution >= 0.6 is 0 Å². The van der Waals surface area contributed by atoms with Crippen LogP contribution in [0.1, 0.15) is 36.5 Å². The average Bonchev–Trinajstić information content (AvgIpc) is 2.68. The molecule has 3 heterocycles. The fourth-order valence-electron chi connectivity index (χ4n) is 4.21. The first-order valence-electron chi connectivity index (χ1n) is 10.3. The third kappa shape index (κ3) is 4.19. The van der Waals surface area contributed by atoms with Gasteiger partial charge in [0.05, 0.1) is 24.4 Å². The summed E-state index contributed by atoms with van der Waals surface area (Å²) in [6.07, 6.45) is 1.03. The zero-order chi connectivity index (χ0) is 20.5. The second-order valence-electron chi connectivity index (χ2n) is 8.10. The van der Waals surface area contributed by atoms with Crippen molar-refractivity contribution in [2.24, 2.45) is 0 Å². The molecule has 1 fully saturated rings. The summed E-state index contributed by atoms with van der Waals surface area (Å²) in [5, 5.41) is 3.05. The highest BCUT2D eigenvalue weighted by Gasteiger charge is 2.30. The van der Waals surface area contributed by atoms with Gasteiger partial charge in [0.25, 0.3) is 0 Å². The molecule has 2 aliphatic rings. The van der Waals surface area contributed by atoms with Gasteiger partial charge in [-0.15, -0.1) is 0 Å². The van der Waals surface area contributed by atoms with Gasteiger partial charge in [0.15, 0.2) is 0 Å². The van der Waals surface area contributed by atoms with E-state index in [0.717, 1.165) is 53.7 Å². The Morgan fingerprint density at radius 3 is 2.59 bits per heavy atom. The van der Waals surface area contributed by atoms with Crippen molar-refractivity contribution in [1.29, 1.82) is 0 Å². The first kappa shape index (κ1) is 19.6. The maximum absolute atomic E-state index is 12.9. The summed E-state index contributed by atoms with van der Waals surface area (Å²) in [4.78, 5) is 26.5. The summed E-state index contributed by atoms with van der Waals surface area (Å²) in [7, 11) is 0. The fourth-order valence-corrected chi connectivity index (χ4v) is 4.21. The van der Waals surface area contributed by atoms with Gasteiger partial charge in [0.1, 0.15) is 11.6 Å². The highest BCUT2D eigenvalue weighted by Crippen LogP contribution is 2.29. The van der Waals surface area contributed by atoms with Crippen molar-refractivity contribution >= 4 is 17.5 Å². The molecule has 7 heteroatoms. The average molecular weight is 396 g/mol. The summed E-state index contributed by atoms with van der Waals surface area (Å²) in [5.74, 6) is 1.73. The largest absolute Gasteiger partial charge is 0.372 e. The number of ether oxygens (including phenoxy) is 1. The minimum Gasteiger partial charge on any atom is -0.372 e. The molecule has 2 aromatic rings. The van der Waals surface area contributed by atoms with Crippen molar-refractivity contribution < 1.29 is 9.53 Å². The number of nitrogens with one attached hydrogen (secondary N) is 1. The lowest BCUT2D eigenvalue weighted by Gasteiger charge is -2.38. The van der Waals surface area contributed by atoms with Crippen LogP contribution in [0.4, 0.5) is 16.3 Å². The van der Waals surface area contributed by atoms with Crippen LogP contribution in [0, 0.1) is 13.8 Å². The quantitative estimate of drug-likeness (QED) is 0.845. The molecule has 4 rings (SSSR count). The summed E-state index contributed by atoms with van der Waals surface area (Å²) < 4.78 is 5.89. The molecular weight excluding hydrogens is 366 g/mol. The number of hydrogen-bond acceptors (Lipinski definition) is 5. The second kappa shape index (κ2) is 7.99. The fraction of sp³-hybridized carbons (Fsp3) is 0.500. The lowest BCUT2D eigenvalue weighted by molar-refractivity contribution is -0.00557. The van der Waals surface area contributed by atoms with E-state index >= 15 is 0 Å². The van der Waals surface area contributed by atoms with Gasteiger partial charge in [-0.1, -0.05) is 18.2 Å². The summed E-state index contributed by atoms with van der Waals surface area (Å²) in [6, 6.07) is 7.75. The van der Waals surface area contributed by atoms with Crippen LogP contribution in [0.5, 0.6) is 0 Å². The molecule has 154 valence electrons. The molecule has 0 saturated carbocycles. The lowest BCUT2D eigenvalue weighted by atomic mass is 10.0. The number of amides is 2. The topological polar surface area (TPSA) is 70.6 Å². The van der Waals surface area contributed by atoms with Crippen molar-refractivity contribution in [1.82, 2.24) is 14.9 Å². The third-order valence-corrected chi connectivity index (χ3v) is 5.54. The van der Waals surface area contributed by atoms with Crippen molar-refractivity contribution in [2.45, 2.75) is 52.9 Å². The summed E-state index contributed by atoms with van der Waals surface area (Å²) >= 11 is 0. The number of aromatic nitrogens is 2. The van der Waals surface area contributed by atoms with Crippen molar-refractivity contribution in [3.8, 4) is 0 Å². The van der Waals surface area contributed by atoms with Crippen LogP contribution in [0.3, 0.4) is 0 Å². The molecule has 0 radical (unpaired) electrons. The van der Waals surface area contributed by atoms with E-state index in [2.05, 4.69) is 29.0 Å². The van der Waals surface area contributed by atoms with Gasteiger partial charge in [-0.3, -0.25) is 0 Å². The zero-order valence-electron chi connectivity index (χ0n) is 17.6. The van der Waals surface area contributed by atoms with Crippen molar-refractivity contribution in [3.63, 3.8) is 0 Å². The number of nitrogens with zero attached hydrogens (tertiary/aromatic N) is 4.